The molecule has 0 bridgehead atoms. The molecular weight excluding hydrogens is 518 g/mol. The van der Waals surface area contributed by atoms with Crippen LogP contribution >= 0.6 is 0 Å². The second-order valence-corrected chi connectivity index (χ2v) is 10.3. The Balaban J connectivity index is 1.37. The van der Waals surface area contributed by atoms with Gasteiger partial charge in [0.25, 0.3) is 11.8 Å². The van der Waals surface area contributed by atoms with Crippen LogP contribution in [0.4, 0.5) is 5.69 Å². The second-order valence-electron chi connectivity index (χ2n) is 10.3. The third-order valence-corrected chi connectivity index (χ3v) is 8.03. The zero-order chi connectivity index (χ0) is 28.2. The topological polar surface area (TPSA) is 55.2 Å². The van der Waals surface area contributed by atoms with Crippen LogP contribution < -0.4 is 4.90 Å². The first-order chi connectivity index (χ1) is 20.7. The highest BCUT2D eigenvalue weighted by Crippen LogP contribution is 2.42. The van der Waals surface area contributed by atoms with Crippen molar-refractivity contribution < 1.29 is 9.59 Å². The summed E-state index contributed by atoms with van der Waals surface area (Å²) in [6, 6.07) is 41.3. The predicted molar refractivity (Wildman–Crippen MR) is 167 cm³/mol. The zero-order valence-corrected chi connectivity index (χ0v) is 22.4. The van der Waals surface area contributed by atoms with E-state index in [2.05, 4.69) is 39.9 Å². The van der Waals surface area contributed by atoms with Gasteiger partial charge in [0.05, 0.1) is 33.5 Å². The number of fused-ring (bicyclic) bond motifs is 4. The molecule has 0 radical (unpaired) electrons. The van der Waals surface area contributed by atoms with Crippen molar-refractivity contribution in [2.45, 2.75) is 0 Å². The summed E-state index contributed by atoms with van der Waals surface area (Å²) in [7, 11) is 0. The highest BCUT2D eigenvalue weighted by atomic mass is 16.2. The van der Waals surface area contributed by atoms with E-state index in [1.807, 2.05) is 97.2 Å². The van der Waals surface area contributed by atoms with E-state index in [4.69, 9.17) is 0 Å². The number of anilines is 1. The van der Waals surface area contributed by atoms with Gasteiger partial charge in [-0.05, 0) is 47.5 Å². The maximum Gasteiger partial charge on any atom is 0.268 e. The quantitative estimate of drug-likeness (QED) is 0.211. The van der Waals surface area contributed by atoms with E-state index in [0.717, 1.165) is 44.1 Å². The van der Waals surface area contributed by atoms with Gasteiger partial charge in [-0.1, -0.05) is 91.0 Å². The molecule has 42 heavy (non-hydrogen) atoms. The number of hydrogen-bond donors (Lipinski definition) is 0. The summed E-state index contributed by atoms with van der Waals surface area (Å²) in [6.45, 7) is 0. The van der Waals surface area contributed by atoms with Crippen LogP contribution in [0.5, 0.6) is 0 Å². The predicted octanol–water partition coefficient (Wildman–Crippen LogP) is 8.31. The van der Waals surface area contributed by atoms with E-state index >= 15 is 0 Å². The van der Waals surface area contributed by atoms with Crippen molar-refractivity contribution in [2.75, 3.05) is 4.90 Å². The third-order valence-electron chi connectivity index (χ3n) is 8.03. The lowest BCUT2D eigenvalue weighted by atomic mass is 10.0. The van der Waals surface area contributed by atoms with Crippen molar-refractivity contribution in [3.8, 4) is 27.9 Å². The molecule has 1 aliphatic heterocycles. The molecule has 5 nitrogen and oxygen atoms in total. The number of para-hydroxylation sites is 2. The van der Waals surface area contributed by atoms with Gasteiger partial charge in [0.1, 0.15) is 0 Å². The molecule has 1 aliphatic rings. The fourth-order valence-electron chi connectivity index (χ4n) is 6.24. The highest BCUT2D eigenvalue weighted by Gasteiger charge is 2.40. The lowest BCUT2D eigenvalue weighted by Crippen LogP contribution is -2.30. The number of imide groups is 1. The fourth-order valence-corrected chi connectivity index (χ4v) is 6.24. The van der Waals surface area contributed by atoms with Crippen molar-refractivity contribution in [3.63, 3.8) is 0 Å². The maximum atomic E-state index is 14.4. The number of rotatable bonds is 4. The molecule has 198 valence electrons. The van der Waals surface area contributed by atoms with Gasteiger partial charge in [-0.2, -0.15) is 0 Å². The average Bonchev–Trinajstić information content (AvgIpc) is 3.53. The Bertz CT molecular complexity index is 2180. The molecule has 8 rings (SSSR count). The van der Waals surface area contributed by atoms with Crippen LogP contribution in [0.3, 0.4) is 0 Å². The van der Waals surface area contributed by atoms with Gasteiger partial charge in [0.15, 0.2) is 0 Å². The molecule has 0 fully saturated rings. The molecule has 3 heterocycles. The molecule has 0 spiro atoms. The monoisotopic (exact) mass is 541 g/mol. The summed E-state index contributed by atoms with van der Waals surface area (Å²) in [4.78, 5) is 34.0. The molecule has 0 atom stereocenters. The molecule has 7 aromatic rings. The molecule has 0 N–H and O–H groups in total. The van der Waals surface area contributed by atoms with Gasteiger partial charge < -0.3 is 4.57 Å². The molecule has 0 saturated carbocycles. The van der Waals surface area contributed by atoms with E-state index in [1.54, 1.807) is 12.3 Å². The summed E-state index contributed by atoms with van der Waals surface area (Å²) in [6.07, 6.45) is 3.63. The van der Waals surface area contributed by atoms with Gasteiger partial charge in [0, 0.05) is 34.3 Å². The van der Waals surface area contributed by atoms with Crippen molar-refractivity contribution in [2.24, 2.45) is 0 Å². The van der Waals surface area contributed by atoms with Crippen molar-refractivity contribution in [1.29, 1.82) is 0 Å². The Morgan fingerprint density at radius 1 is 0.500 bits per heavy atom. The van der Waals surface area contributed by atoms with Crippen LogP contribution in [-0.2, 0) is 0 Å². The number of benzene rings is 5. The Hall–Kier alpha value is -5.81. The van der Waals surface area contributed by atoms with Crippen LogP contribution in [0.1, 0.15) is 20.7 Å². The number of hydrogen-bond acceptors (Lipinski definition) is 3. The molecule has 0 unspecified atom stereocenters. The lowest BCUT2D eigenvalue weighted by Gasteiger charge is -2.18. The molecule has 2 aromatic heterocycles. The molecule has 5 aromatic carbocycles. The van der Waals surface area contributed by atoms with Gasteiger partial charge in [-0.25, -0.2) is 4.90 Å². The summed E-state index contributed by atoms with van der Waals surface area (Å²) in [5.74, 6) is -0.652. The van der Waals surface area contributed by atoms with Crippen molar-refractivity contribution in [1.82, 2.24) is 9.55 Å². The number of nitrogens with zero attached hydrogens (tertiary/aromatic N) is 3. The van der Waals surface area contributed by atoms with Crippen LogP contribution in [-0.4, -0.2) is 21.4 Å². The minimum Gasteiger partial charge on any atom is -0.308 e. The smallest absolute Gasteiger partial charge is 0.268 e. The van der Waals surface area contributed by atoms with E-state index in [0.29, 0.717) is 22.5 Å². The van der Waals surface area contributed by atoms with Gasteiger partial charge in [-0.15, -0.1) is 0 Å². The molecule has 5 heteroatoms. The number of pyridine rings is 1. The Labute approximate surface area is 241 Å². The summed E-state index contributed by atoms with van der Waals surface area (Å²) >= 11 is 0. The molecule has 2 amide bonds. The number of carbonyl (C=O) groups is 2. The van der Waals surface area contributed by atoms with Crippen molar-refractivity contribution >= 4 is 39.3 Å². The summed E-state index contributed by atoms with van der Waals surface area (Å²) < 4.78 is 2.11. The maximum absolute atomic E-state index is 14.4. The van der Waals surface area contributed by atoms with E-state index in [9.17, 15) is 9.59 Å². The zero-order valence-electron chi connectivity index (χ0n) is 22.4. The molecule has 0 saturated heterocycles. The van der Waals surface area contributed by atoms with Crippen LogP contribution in [0, 0.1) is 0 Å². The number of carbonyl (C=O) groups excluding carboxylic acids is 2. The number of amides is 2. The van der Waals surface area contributed by atoms with Gasteiger partial charge in [0.2, 0.25) is 0 Å². The van der Waals surface area contributed by atoms with E-state index in [-0.39, 0.29) is 11.8 Å². The lowest BCUT2D eigenvalue weighted by molar-refractivity contribution is 0.0926. The van der Waals surface area contributed by atoms with E-state index < -0.39 is 0 Å². The minimum atomic E-state index is -0.330. The fraction of sp³-hybridized carbons (Fsp3) is 0. The van der Waals surface area contributed by atoms with Gasteiger partial charge in [-0.3, -0.25) is 14.6 Å². The Kier molecular flexibility index (Phi) is 5.37. The minimum absolute atomic E-state index is 0.322. The van der Waals surface area contributed by atoms with Crippen molar-refractivity contribution in [3.05, 3.63) is 151 Å². The van der Waals surface area contributed by atoms with E-state index in [1.165, 1.54) is 4.90 Å². The first kappa shape index (κ1) is 24.0. The normalized spacial score (nSPS) is 12.8. The summed E-state index contributed by atoms with van der Waals surface area (Å²) in [5.41, 5.74) is 7.80. The largest absolute Gasteiger partial charge is 0.308 e. The first-order valence-electron chi connectivity index (χ1n) is 13.8. The SMILES string of the molecule is O=C1c2cccc(-n3c4ccccc4c4c(-c5cccnc5)cccc43)c2C(=O)N1c1ccccc1-c1ccccc1. The standard InChI is InChI=1S/C37H23N3O2/c41-36-29-17-9-21-33(35(29)37(42)40(36)30-18-6-4-14-26(30)24-11-2-1-3-12-24)39-31-19-7-5-15-28(31)34-27(16-8-20-32(34)39)25-13-10-22-38-23-25/h1-23H. The van der Waals surface area contributed by atoms with Crippen LogP contribution in [0.25, 0.3) is 49.7 Å². The third kappa shape index (κ3) is 3.47. The highest BCUT2D eigenvalue weighted by molar-refractivity contribution is 6.36. The molecular formula is C37H23N3O2. The first-order valence-corrected chi connectivity index (χ1v) is 13.8. The summed E-state index contributed by atoms with van der Waals surface area (Å²) in [5, 5.41) is 2.13. The van der Waals surface area contributed by atoms with Crippen LogP contribution in [0.15, 0.2) is 140 Å². The molecule has 0 aliphatic carbocycles. The second kappa shape index (κ2) is 9.39. The average molecular weight is 542 g/mol. The van der Waals surface area contributed by atoms with Gasteiger partial charge >= 0.3 is 0 Å². The Morgan fingerprint density at radius 3 is 2.02 bits per heavy atom. The number of aromatic nitrogens is 2. The van der Waals surface area contributed by atoms with Crippen LogP contribution in [0.2, 0.25) is 0 Å². The Morgan fingerprint density at radius 2 is 1.17 bits per heavy atom.